The zero-order valence-electron chi connectivity index (χ0n) is 17.5. The lowest BCUT2D eigenvalue weighted by Crippen LogP contribution is -2.39. The topological polar surface area (TPSA) is 60.7 Å². The van der Waals surface area contributed by atoms with Crippen molar-refractivity contribution < 1.29 is 4.79 Å². The normalized spacial score (nSPS) is 11.3. The Labute approximate surface area is 196 Å². The van der Waals surface area contributed by atoms with Crippen LogP contribution in [0.1, 0.15) is 27.0 Å². The summed E-state index contributed by atoms with van der Waals surface area (Å²) in [6.45, 7) is 0. The number of aldehydes is 1. The summed E-state index contributed by atoms with van der Waals surface area (Å²) < 4.78 is 1.81. The molecule has 0 radical (unpaired) electrons. The summed E-state index contributed by atoms with van der Waals surface area (Å²) in [5.74, 6) is 0.556. The molecule has 0 saturated heterocycles. The number of benzene rings is 4. The summed E-state index contributed by atoms with van der Waals surface area (Å²) in [5, 5.41) is 13.6. The van der Waals surface area contributed by atoms with Crippen LogP contribution in [0.2, 0.25) is 5.02 Å². The number of carbonyl (C=O) groups excluding carboxylic acids is 1. The Hall–Kier alpha value is -4.09. The number of hydrogen-bond acceptors (Lipinski definition) is 4. The van der Waals surface area contributed by atoms with Crippen LogP contribution in [0.3, 0.4) is 0 Å². The molecule has 0 amide bonds. The highest BCUT2D eigenvalue weighted by atomic mass is 35.5. The van der Waals surface area contributed by atoms with Crippen molar-refractivity contribution >= 4 is 17.9 Å². The molecule has 0 aliphatic carbocycles. The van der Waals surface area contributed by atoms with Crippen LogP contribution in [0.25, 0.3) is 11.4 Å². The minimum atomic E-state index is -0.941. The highest BCUT2D eigenvalue weighted by Gasteiger charge is 2.43. The number of hydrogen-bond donors (Lipinski definition) is 0. The molecule has 0 aliphatic heterocycles. The SMILES string of the molecule is O=Cc1ccc(-c2nnnn2C(c2ccccc2)(c2ccccc2)c2ccccc2Cl)cc1. The standard InChI is InChI=1S/C27H19ClN4O/c28-25-14-8-7-13-24(25)27(22-9-3-1-4-10-22,23-11-5-2-6-12-23)32-26(29-30-31-32)21-17-15-20(19-33)16-18-21/h1-19H. The lowest BCUT2D eigenvalue weighted by atomic mass is 9.77. The third kappa shape index (κ3) is 3.52. The van der Waals surface area contributed by atoms with Gasteiger partial charge < -0.3 is 0 Å². The number of carbonyl (C=O) groups is 1. The quantitative estimate of drug-likeness (QED) is 0.248. The van der Waals surface area contributed by atoms with Crippen molar-refractivity contribution in [2.75, 3.05) is 0 Å². The predicted octanol–water partition coefficient (Wildman–Crippen LogP) is 5.65. The van der Waals surface area contributed by atoms with Gasteiger partial charge in [-0.25, -0.2) is 4.68 Å². The molecule has 5 rings (SSSR count). The van der Waals surface area contributed by atoms with Crippen molar-refractivity contribution in [3.05, 3.63) is 136 Å². The van der Waals surface area contributed by atoms with Crippen LogP contribution in [0.4, 0.5) is 0 Å². The molecule has 0 saturated carbocycles. The van der Waals surface area contributed by atoms with Crippen LogP contribution in [0.5, 0.6) is 0 Å². The smallest absolute Gasteiger partial charge is 0.183 e. The molecule has 5 nitrogen and oxygen atoms in total. The van der Waals surface area contributed by atoms with Gasteiger partial charge in [-0.05, 0) is 27.6 Å². The fraction of sp³-hybridized carbons (Fsp3) is 0.0370. The van der Waals surface area contributed by atoms with Crippen LogP contribution >= 0.6 is 11.6 Å². The number of halogens is 1. The summed E-state index contributed by atoms with van der Waals surface area (Å²) in [4.78, 5) is 11.2. The van der Waals surface area contributed by atoms with E-state index >= 15 is 0 Å². The first-order valence-corrected chi connectivity index (χ1v) is 10.8. The molecular weight excluding hydrogens is 432 g/mol. The molecule has 0 spiro atoms. The third-order valence-electron chi connectivity index (χ3n) is 5.74. The van der Waals surface area contributed by atoms with E-state index in [0.717, 1.165) is 28.5 Å². The first kappa shape index (κ1) is 20.8. The van der Waals surface area contributed by atoms with Crippen LogP contribution in [-0.2, 0) is 5.54 Å². The third-order valence-corrected chi connectivity index (χ3v) is 6.07. The molecule has 0 fully saturated rings. The van der Waals surface area contributed by atoms with E-state index in [1.165, 1.54) is 0 Å². The predicted molar refractivity (Wildman–Crippen MR) is 128 cm³/mol. The van der Waals surface area contributed by atoms with E-state index in [1.54, 1.807) is 12.1 Å². The van der Waals surface area contributed by atoms with Crippen molar-refractivity contribution in [1.82, 2.24) is 20.2 Å². The maximum atomic E-state index is 11.2. The lowest BCUT2D eigenvalue weighted by molar-refractivity contribution is 0.112. The van der Waals surface area contributed by atoms with E-state index in [4.69, 9.17) is 11.6 Å². The molecule has 0 unspecified atom stereocenters. The van der Waals surface area contributed by atoms with E-state index in [9.17, 15) is 4.79 Å². The first-order chi connectivity index (χ1) is 16.2. The Morgan fingerprint density at radius 1 is 0.727 bits per heavy atom. The van der Waals surface area contributed by atoms with Gasteiger partial charge >= 0.3 is 0 Å². The highest BCUT2D eigenvalue weighted by molar-refractivity contribution is 6.31. The summed E-state index contributed by atoms with van der Waals surface area (Å²) in [6.07, 6.45) is 0.814. The van der Waals surface area contributed by atoms with Gasteiger partial charge in [-0.1, -0.05) is 115 Å². The highest BCUT2D eigenvalue weighted by Crippen LogP contribution is 2.44. The van der Waals surface area contributed by atoms with Crippen molar-refractivity contribution in [1.29, 1.82) is 0 Å². The molecule has 0 bridgehead atoms. The number of tetrazole rings is 1. The van der Waals surface area contributed by atoms with Crippen LogP contribution in [0.15, 0.2) is 109 Å². The van der Waals surface area contributed by atoms with Gasteiger partial charge in [0.2, 0.25) is 0 Å². The Kier molecular flexibility index (Phi) is 5.55. The van der Waals surface area contributed by atoms with Gasteiger partial charge in [-0.3, -0.25) is 4.79 Å². The Morgan fingerprint density at radius 2 is 1.30 bits per heavy atom. The van der Waals surface area contributed by atoms with Gasteiger partial charge in [0, 0.05) is 21.7 Å². The van der Waals surface area contributed by atoms with E-state index in [-0.39, 0.29) is 0 Å². The number of nitrogens with zero attached hydrogens (tertiary/aromatic N) is 4. The minimum absolute atomic E-state index is 0.556. The van der Waals surface area contributed by atoms with Crippen molar-refractivity contribution in [3.63, 3.8) is 0 Å². The molecule has 1 heterocycles. The van der Waals surface area contributed by atoms with Crippen LogP contribution in [0, 0.1) is 0 Å². The van der Waals surface area contributed by atoms with Crippen LogP contribution in [-0.4, -0.2) is 26.5 Å². The molecule has 0 aliphatic rings. The second-order valence-corrected chi connectivity index (χ2v) is 7.98. The van der Waals surface area contributed by atoms with Gasteiger partial charge in [0.15, 0.2) is 5.82 Å². The van der Waals surface area contributed by atoms with Gasteiger partial charge in [0.05, 0.1) is 0 Å². The molecule has 4 aromatic carbocycles. The molecule has 160 valence electrons. The summed E-state index contributed by atoms with van der Waals surface area (Å²) in [7, 11) is 0. The zero-order chi connectivity index (χ0) is 22.7. The molecule has 0 atom stereocenters. The average molecular weight is 451 g/mol. The molecule has 5 aromatic rings. The average Bonchev–Trinajstić information content (AvgIpc) is 3.37. The van der Waals surface area contributed by atoms with Gasteiger partial charge in [0.25, 0.3) is 0 Å². The van der Waals surface area contributed by atoms with Crippen molar-refractivity contribution in [2.45, 2.75) is 5.54 Å². The number of rotatable bonds is 6. The largest absolute Gasteiger partial charge is 0.298 e. The second kappa shape index (κ2) is 8.81. The molecule has 33 heavy (non-hydrogen) atoms. The molecular formula is C27H19ClN4O. The summed E-state index contributed by atoms with van der Waals surface area (Å²) >= 11 is 6.84. The summed E-state index contributed by atoms with van der Waals surface area (Å²) in [6, 6.07) is 35.1. The number of aromatic nitrogens is 4. The molecule has 0 N–H and O–H groups in total. The van der Waals surface area contributed by atoms with Crippen LogP contribution < -0.4 is 0 Å². The van der Waals surface area contributed by atoms with E-state index in [2.05, 4.69) is 39.8 Å². The monoisotopic (exact) mass is 450 g/mol. The van der Waals surface area contributed by atoms with Gasteiger partial charge in [0.1, 0.15) is 11.8 Å². The molecule has 1 aromatic heterocycles. The first-order valence-electron chi connectivity index (χ1n) is 10.5. The van der Waals surface area contributed by atoms with Crippen molar-refractivity contribution in [2.24, 2.45) is 0 Å². The minimum Gasteiger partial charge on any atom is -0.298 e. The van der Waals surface area contributed by atoms with Gasteiger partial charge in [-0.15, -0.1) is 5.10 Å². The fourth-order valence-electron chi connectivity index (χ4n) is 4.25. The zero-order valence-corrected chi connectivity index (χ0v) is 18.3. The van der Waals surface area contributed by atoms with E-state index in [1.807, 2.05) is 77.5 Å². The maximum Gasteiger partial charge on any atom is 0.183 e. The van der Waals surface area contributed by atoms with E-state index < -0.39 is 5.54 Å². The second-order valence-electron chi connectivity index (χ2n) is 7.58. The van der Waals surface area contributed by atoms with Gasteiger partial charge in [-0.2, -0.15) is 0 Å². The fourth-order valence-corrected chi connectivity index (χ4v) is 4.53. The Bertz CT molecular complexity index is 1340. The maximum absolute atomic E-state index is 11.2. The molecule has 6 heteroatoms. The Balaban J connectivity index is 1.89. The lowest BCUT2D eigenvalue weighted by Gasteiger charge is -2.36. The Morgan fingerprint density at radius 3 is 1.88 bits per heavy atom. The summed E-state index contributed by atoms with van der Waals surface area (Å²) in [5.41, 5.74) is 3.20. The van der Waals surface area contributed by atoms with Crippen molar-refractivity contribution in [3.8, 4) is 11.4 Å². The van der Waals surface area contributed by atoms with E-state index in [0.29, 0.717) is 16.4 Å².